The molecule has 3 aromatic rings. The average molecular weight is 311 g/mol. The van der Waals surface area contributed by atoms with Crippen LogP contribution in [-0.4, -0.2) is 23.0 Å². The normalized spacial score (nSPS) is 10.2. The third kappa shape index (κ3) is 3.12. The Bertz CT molecular complexity index is 770. The topological polar surface area (TPSA) is 64.1 Å². The zero-order chi connectivity index (χ0) is 15.4. The predicted molar refractivity (Wildman–Crippen MR) is 86.3 cm³/mol. The van der Waals surface area contributed by atoms with Gasteiger partial charge >= 0.3 is 0 Å². The molecule has 0 atom stereocenters. The van der Waals surface area contributed by atoms with E-state index >= 15 is 0 Å². The van der Waals surface area contributed by atoms with Crippen LogP contribution in [0.5, 0.6) is 5.75 Å². The fourth-order valence-corrected chi connectivity index (χ4v) is 2.60. The van der Waals surface area contributed by atoms with E-state index in [1.165, 1.54) is 11.3 Å². The van der Waals surface area contributed by atoms with Crippen LogP contribution in [0.15, 0.2) is 54.0 Å². The molecule has 0 saturated heterocycles. The number of pyridine rings is 1. The Kier molecular flexibility index (Phi) is 4.11. The molecule has 22 heavy (non-hydrogen) atoms. The van der Waals surface area contributed by atoms with Crippen molar-refractivity contribution >= 4 is 22.4 Å². The van der Waals surface area contributed by atoms with Gasteiger partial charge in [-0.1, -0.05) is 6.07 Å². The van der Waals surface area contributed by atoms with Gasteiger partial charge in [-0.05, 0) is 36.4 Å². The molecule has 0 aliphatic rings. The van der Waals surface area contributed by atoms with Gasteiger partial charge in [0.25, 0.3) is 5.91 Å². The molecule has 0 aliphatic heterocycles. The molecule has 5 nitrogen and oxygen atoms in total. The van der Waals surface area contributed by atoms with Crippen molar-refractivity contribution < 1.29 is 9.53 Å². The number of aromatic nitrogens is 2. The second kappa shape index (κ2) is 6.36. The number of anilines is 1. The molecule has 0 unspecified atom stereocenters. The van der Waals surface area contributed by atoms with Crippen molar-refractivity contribution in [1.29, 1.82) is 0 Å². The highest BCUT2D eigenvalue weighted by Gasteiger charge is 2.10. The molecule has 1 aromatic carbocycles. The van der Waals surface area contributed by atoms with Gasteiger partial charge in [-0.2, -0.15) is 0 Å². The molecule has 2 aromatic heterocycles. The minimum atomic E-state index is -0.267. The van der Waals surface area contributed by atoms with E-state index < -0.39 is 0 Å². The van der Waals surface area contributed by atoms with Crippen molar-refractivity contribution in [2.24, 2.45) is 0 Å². The number of amides is 1. The van der Waals surface area contributed by atoms with Gasteiger partial charge in [-0.25, -0.2) is 4.98 Å². The molecule has 2 heterocycles. The van der Waals surface area contributed by atoms with E-state index in [9.17, 15) is 4.79 Å². The van der Waals surface area contributed by atoms with Crippen molar-refractivity contribution in [2.45, 2.75) is 0 Å². The van der Waals surface area contributed by atoms with Crippen LogP contribution in [0.25, 0.3) is 11.3 Å². The lowest BCUT2D eigenvalue weighted by Gasteiger charge is -2.01. The van der Waals surface area contributed by atoms with Crippen LogP contribution >= 0.6 is 11.3 Å². The summed E-state index contributed by atoms with van der Waals surface area (Å²) in [5, 5.41) is 5.19. The Hall–Kier alpha value is -2.73. The first-order valence-electron chi connectivity index (χ1n) is 6.58. The minimum Gasteiger partial charge on any atom is -0.497 e. The molecular weight excluding hydrogens is 298 g/mol. The molecule has 1 N–H and O–H groups in total. The van der Waals surface area contributed by atoms with E-state index in [1.54, 1.807) is 31.5 Å². The highest BCUT2D eigenvalue weighted by atomic mass is 32.1. The number of hydrogen-bond donors (Lipinski definition) is 1. The van der Waals surface area contributed by atoms with E-state index in [-0.39, 0.29) is 5.91 Å². The van der Waals surface area contributed by atoms with Gasteiger partial charge in [-0.15, -0.1) is 11.3 Å². The van der Waals surface area contributed by atoms with Crippen LogP contribution in [0.4, 0.5) is 5.13 Å². The van der Waals surface area contributed by atoms with Gasteiger partial charge in [-0.3, -0.25) is 15.1 Å². The summed E-state index contributed by atoms with van der Waals surface area (Å²) in [5.74, 6) is 0.527. The maximum Gasteiger partial charge on any atom is 0.276 e. The third-order valence-electron chi connectivity index (χ3n) is 3.01. The number of methoxy groups -OCH3 is 1. The Labute approximate surface area is 131 Å². The van der Waals surface area contributed by atoms with E-state index in [0.29, 0.717) is 10.8 Å². The Morgan fingerprint density at radius 3 is 2.68 bits per heavy atom. The summed E-state index contributed by atoms with van der Waals surface area (Å²) in [7, 11) is 1.63. The van der Waals surface area contributed by atoms with E-state index in [0.717, 1.165) is 17.0 Å². The lowest BCUT2D eigenvalue weighted by Crippen LogP contribution is -2.13. The first-order chi connectivity index (χ1) is 10.8. The summed E-state index contributed by atoms with van der Waals surface area (Å²) in [6, 6.07) is 12.8. The highest BCUT2D eigenvalue weighted by molar-refractivity contribution is 7.14. The van der Waals surface area contributed by atoms with Crippen LogP contribution in [-0.2, 0) is 0 Å². The largest absolute Gasteiger partial charge is 0.497 e. The Morgan fingerprint density at radius 2 is 2.00 bits per heavy atom. The molecule has 6 heteroatoms. The van der Waals surface area contributed by atoms with Gasteiger partial charge in [0.05, 0.1) is 12.8 Å². The number of benzene rings is 1. The predicted octanol–water partition coefficient (Wildman–Crippen LogP) is 3.47. The fourth-order valence-electron chi connectivity index (χ4n) is 1.88. The van der Waals surface area contributed by atoms with Crippen molar-refractivity contribution in [3.05, 3.63) is 59.7 Å². The molecule has 0 aliphatic carbocycles. The zero-order valence-corrected chi connectivity index (χ0v) is 12.6. The summed E-state index contributed by atoms with van der Waals surface area (Å²) in [6.45, 7) is 0. The number of nitrogens with zero attached hydrogens (tertiary/aromatic N) is 2. The van der Waals surface area contributed by atoms with Crippen LogP contribution < -0.4 is 10.1 Å². The van der Waals surface area contributed by atoms with Gasteiger partial charge in [0.1, 0.15) is 11.4 Å². The molecule has 0 fully saturated rings. The minimum absolute atomic E-state index is 0.267. The number of carbonyl (C=O) groups is 1. The standard InChI is InChI=1S/C16H13N3O2S/c1-21-12-7-5-11(6-8-12)14-10-22-16(18-14)19-15(20)13-4-2-3-9-17-13/h2-10H,1H3,(H,18,19,20). The SMILES string of the molecule is COc1ccc(-c2csc(NC(=O)c3ccccn3)n2)cc1. The lowest BCUT2D eigenvalue weighted by molar-refractivity contribution is 0.102. The Balaban J connectivity index is 1.74. The van der Waals surface area contributed by atoms with Crippen LogP contribution in [0, 0.1) is 0 Å². The molecular formula is C16H13N3O2S. The summed E-state index contributed by atoms with van der Waals surface area (Å²) in [4.78, 5) is 20.4. The van der Waals surface area contributed by atoms with Crippen molar-refractivity contribution in [2.75, 3.05) is 12.4 Å². The van der Waals surface area contributed by atoms with Gasteiger partial charge in [0.15, 0.2) is 5.13 Å². The highest BCUT2D eigenvalue weighted by Crippen LogP contribution is 2.26. The maximum atomic E-state index is 12.0. The van der Waals surface area contributed by atoms with Crippen molar-refractivity contribution in [3.8, 4) is 17.0 Å². The van der Waals surface area contributed by atoms with Gasteiger partial charge < -0.3 is 4.74 Å². The molecule has 0 saturated carbocycles. The molecule has 1 amide bonds. The zero-order valence-electron chi connectivity index (χ0n) is 11.8. The number of thiazole rings is 1. The monoisotopic (exact) mass is 311 g/mol. The molecule has 110 valence electrons. The van der Waals surface area contributed by atoms with E-state index in [1.807, 2.05) is 29.6 Å². The fraction of sp³-hybridized carbons (Fsp3) is 0.0625. The lowest BCUT2D eigenvalue weighted by atomic mass is 10.2. The number of hydrogen-bond acceptors (Lipinski definition) is 5. The van der Waals surface area contributed by atoms with Crippen molar-refractivity contribution in [3.63, 3.8) is 0 Å². The van der Waals surface area contributed by atoms with Crippen LogP contribution in [0.3, 0.4) is 0 Å². The van der Waals surface area contributed by atoms with E-state index in [4.69, 9.17) is 4.74 Å². The van der Waals surface area contributed by atoms with Gasteiger partial charge in [0, 0.05) is 17.1 Å². The number of ether oxygens (including phenoxy) is 1. The summed E-state index contributed by atoms with van der Waals surface area (Å²) in [6.07, 6.45) is 1.58. The average Bonchev–Trinajstić information content (AvgIpc) is 3.04. The quantitative estimate of drug-likeness (QED) is 0.801. The summed E-state index contributed by atoms with van der Waals surface area (Å²) < 4.78 is 5.13. The molecule has 3 rings (SSSR count). The van der Waals surface area contributed by atoms with Crippen LogP contribution in [0.2, 0.25) is 0 Å². The van der Waals surface area contributed by atoms with E-state index in [2.05, 4.69) is 15.3 Å². The first-order valence-corrected chi connectivity index (χ1v) is 7.46. The molecule has 0 bridgehead atoms. The first kappa shape index (κ1) is 14.2. The number of carbonyl (C=O) groups excluding carboxylic acids is 1. The number of nitrogens with one attached hydrogen (secondary N) is 1. The second-order valence-corrected chi connectivity index (χ2v) is 5.29. The third-order valence-corrected chi connectivity index (χ3v) is 3.77. The number of rotatable bonds is 4. The van der Waals surface area contributed by atoms with Crippen LogP contribution in [0.1, 0.15) is 10.5 Å². The molecule has 0 radical (unpaired) electrons. The maximum absolute atomic E-state index is 12.0. The van der Waals surface area contributed by atoms with Crippen molar-refractivity contribution in [1.82, 2.24) is 9.97 Å². The summed E-state index contributed by atoms with van der Waals surface area (Å²) >= 11 is 1.38. The Morgan fingerprint density at radius 1 is 1.18 bits per heavy atom. The molecule has 0 spiro atoms. The second-order valence-electron chi connectivity index (χ2n) is 4.44. The smallest absolute Gasteiger partial charge is 0.276 e. The summed E-state index contributed by atoms with van der Waals surface area (Å²) in [5.41, 5.74) is 2.14. The van der Waals surface area contributed by atoms with Gasteiger partial charge in [0.2, 0.25) is 0 Å².